The minimum absolute atomic E-state index is 0.0131. The minimum Gasteiger partial charge on any atom is -0.493 e. The zero-order chi connectivity index (χ0) is 11.4. The molecule has 0 aromatic heterocycles. The van der Waals surface area contributed by atoms with Crippen molar-refractivity contribution in [3.05, 3.63) is 33.9 Å². The normalized spacial score (nSPS) is 9.67. The number of ether oxygens (including phenoxy) is 1. The molecular formula is C9H9NO5. The average Bonchev–Trinajstić information content (AvgIpc) is 2.17. The highest BCUT2D eigenvalue weighted by Gasteiger charge is 2.15. The summed E-state index contributed by atoms with van der Waals surface area (Å²) < 4.78 is 5.00. The minimum atomic E-state index is -1.17. The monoisotopic (exact) mass is 211 g/mol. The summed E-state index contributed by atoms with van der Waals surface area (Å²) in [5.74, 6) is -1.16. The van der Waals surface area contributed by atoms with E-state index in [9.17, 15) is 14.9 Å². The van der Waals surface area contributed by atoms with E-state index in [0.29, 0.717) is 0 Å². The van der Waals surface area contributed by atoms with Crippen LogP contribution in [0.2, 0.25) is 0 Å². The number of non-ortho nitro benzene ring substituents is 1. The number of nitrogens with zero attached hydrogens (tertiary/aromatic N) is 1. The van der Waals surface area contributed by atoms with Crippen LogP contribution < -0.4 is 4.74 Å². The first-order valence-corrected chi connectivity index (χ1v) is 4.20. The van der Waals surface area contributed by atoms with Gasteiger partial charge in [0, 0.05) is 6.07 Å². The maximum atomic E-state index is 10.7. The molecule has 6 heteroatoms. The molecule has 0 aliphatic rings. The molecule has 0 spiro atoms. The van der Waals surface area contributed by atoms with Crippen LogP contribution in [0.1, 0.15) is 17.3 Å². The number of aromatic carboxylic acids is 1. The number of rotatable bonds is 4. The Labute approximate surface area is 85.2 Å². The highest BCUT2D eigenvalue weighted by atomic mass is 16.6. The van der Waals surface area contributed by atoms with Gasteiger partial charge in [-0.05, 0) is 13.0 Å². The molecule has 0 heterocycles. The van der Waals surface area contributed by atoms with E-state index in [0.717, 1.165) is 18.2 Å². The van der Waals surface area contributed by atoms with Crippen LogP contribution in [0, 0.1) is 10.1 Å². The second-order valence-corrected chi connectivity index (χ2v) is 2.68. The van der Waals surface area contributed by atoms with E-state index >= 15 is 0 Å². The molecule has 80 valence electrons. The second kappa shape index (κ2) is 4.41. The fourth-order valence-corrected chi connectivity index (χ4v) is 1.08. The van der Waals surface area contributed by atoms with Crippen LogP contribution in [-0.4, -0.2) is 22.6 Å². The van der Waals surface area contributed by atoms with Gasteiger partial charge in [-0.15, -0.1) is 0 Å². The Hall–Kier alpha value is -2.11. The first-order chi connectivity index (χ1) is 7.06. The summed E-state index contributed by atoms with van der Waals surface area (Å²) in [5.41, 5.74) is -0.272. The summed E-state index contributed by atoms with van der Waals surface area (Å²) >= 11 is 0. The van der Waals surface area contributed by atoms with Crippen molar-refractivity contribution in [1.82, 2.24) is 0 Å². The molecule has 0 atom stereocenters. The third-order valence-corrected chi connectivity index (χ3v) is 1.71. The fraction of sp³-hybridized carbons (Fsp3) is 0.222. The SMILES string of the molecule is CCOc1cc([N+](=O)[O-])ccc1C(=O)O. The molecule has 0 aliphatic heterocycles. The molecule has 1 N–H and O–H groups in total. The molecule has 15 heavy (non-hydrogen) atoms. The van der Waals surface area contributed by atoms with Gasteiger partial charge in [0.2, 0.25) is 0 Å². The van der Waals surface area contributed by atoms with Gasteiger partial charge in [0.25, 0.3) is 5.69 Å². The van der Waals surface area contributed by atoms with Crippen LogP contribution in [0.15, 0.2) is 18.2 Å². The Morgan fingerprint density at radius 1 is 1.60 bits per heavy atom. The molecular weight excluding hydrogens is 202 g/mol. The maximum absolute atomic E-state index is 10.7. The Morgan fingerprint density at radius 3 is 2.73 bits per heavy atom. The van der Waals surface area contributed by atoms with Crippen LogP contribution in [-0.2, 0) is 0 Å². The van der Waals surface area contributed by atoms with Crippen molar-refractivity contribution in [2.45, 2.75) is 6.92 Å². The number of hydrogen-bond acceptors (Lipinski definition) is 4. The van der Waals surface area contributed by atoms with E-state index in [1.54, 1.807) is 6.92 Å². The molecule has 0 radical (unpaired) electrons. The lowest BCUT2D eigenvalue weighted by Crippen LogP contribution is -2.03. The molecule has 0 aliphatic carbocycles. The van der Waals surface area contributed by atoms with E-state index in [4.69, 9.17) is 9.84 Å². The lowest BCUT2D eigenvalue weighted by molar-refractivity contribution is -0.384. The van der Waals surface area contributed by atoms with Gasteiger partial charge in [0.1, 0.15) is 11.3 Å². The third kappa shape index (κ3) is 2.43. The molecule has 6 nitrogen and oxygen atoms in total. The number of hydrogen-bond donors (Lipinski definition) is 1. The van der Waals surface area contributed by atoms with Crippen molar-refractivity contribution in [3.63, 3.8) is 0 Å². The topological polar surface area (TPSA) is 89.7 Å². The Bertz CT molecular complexity index is 401. The molecule has 0 saturated heterocycles. The number of nitro benzene ring substituents is 1. The molecule has 0 amide bonds. The van der Waals surface area contributed by atoms with Gasteiger partial charge in [0.15, 0.2) is 0 Å². The summed E-state index contributed by atoms with van der Waals surface area (Å²) in [5, 5.41) is 19.2. The molecule has 0 fully saturated rings. The zero-order valence-corrected chi connectivity index (χ0v) is 7.97. The quantitative estimate of drug-likeness (QED) is 0.604. The highest BCUT2D eigenvalue weighted by Crippen LogP contribution is 2.24. The predicted molar refractivity (Wildman–Crippen MR) is 51.2 cm³/mol. The van der Waals surface area contributed by atoms with Crippen molar-refractivity contribution in [1.29, 1.82) is 0 Å². The second-order valence-electron chi connectivity index (χ2n) is 2.68. The molecule has 1 aromatic carbocycles. The third-order valence-electron chi connectivity index (χ3n) is 1.71. The lowest BCUT2D eigenvalue weighted by atomic mass is 10.2. The molecule has 0 bridgehead atoms. The lowest BCUT2D eigenvalue weighted by Gasteiger charge is -2.05. The largest absolute Gasteiger partial charge is 0.493 e. The Balaban J connectivity index is 3.20. The van der Waals surface area contributed by atoms with Gasteiger partial charge in [-0.3, -0.25) is 10.1 Å². The molecule has 0 unspecified atom stereocenters. The van der Waals surface area contributed by atoms with E-state index in [2.05, 4.69) is 0 Å². The van der Waals surface area contributed by atoms with E-state index in [1.807, 2.05) is 0 Å². The maximum Gasteiger partial charge on any atom is 0.339 e. The van der Waals surface area contributed by atoms with Crippen LogP contribution in [0.5, 0.6) is 5.75 Å². The average molecular weight is 211 g/mol. The number of carboxylic acids is 1. The summed E-state index contributed by atoms with van der Waals surface area (Å²) in [4.78, 5) is 20.6. The zero-order valence-electron chi connectivity index (χ0n) is 7.97. The smallest absolute Gasteiger partial charge is 0.339 e. The summed E-state index contributed by atoms with van der Waals surface area (Å²) in [7, 11) is 0. The first kappa shape index (κ1) is 11.0. The van der Waals surface area contributed by atoms with Crippen LogP contribution in [0.25, 0.3) is 0 Å². The van der Waals surface area contributed by atoms with Gasteiger partial charge in [-0.1, -0.05) is 0 Å². The van der Waals surface area contributed by atoms with E-state index < -0.39 is 10.9 Å². The Kier molecular flexibility index (Phi) is 3.22. The van der Waals surface area contributed by atoms with Crippen LogP contribution >= 0.6 is 0 Å². The van der Waals surface area contributed by atoms with Crippen LogP contribution in [0.4, 0.5) is 5.69 Å². The van der Waals surface area contributed by atoms with Gasteiger partial charge < -0.3 is 9.84 Å². The van der Waals surface area contributed by atoms with Gasteiger partial charge in [-0.25, -0.2) is 4.79 Å². The predicted octanol–water partition coefficient (Wildman–Crippen LogP) is 1.69. The summed E-state index contributed by atoms with van der Waals surface area (Å²) in [6.45, 7) is 1.92. The summed E-state index contributed by atoms with van der Waals surface area (Å²) in [6.07, 6.45) is 0. The number of nitro groups is 1. The molecule has 1 rings (SSSR count). The van der Waals surface area contributed by atoms with Crippen molar-refractivity contribution in [3.8, 4) is 5.75 Å². The van der Waals surface area contributed by atoms with Crippen molar-refractivity contribution < 1.29 is 19.6 Å². The van der Waals surface area contributed by atoms with Crippen LogP contribution in [0.3, 0.4) is 0 Å². The highest BCUT2D eigenvalue weighted by molar-refractivity contribution is 5.91. The van der Waals surface area contributed by atoms with Gasteiger partial charge in [0.05, 0.1) is 17.6 Å². The van der Waals surface area contributed by atoms with Gasteiger partial charge in [-0.2, -0.15) is 0 Å². The first-order valence-electron chi connectivity index (χ1n) is 4.20. The number of carboxylic acid groups (broad SMARTS) is 1. The molecule has 0 saturated carbocycles. The number of carbonyl (C=O) groups is 1. The Morgan fingerprint density at radius 2 is 2.27 bits per heavy atom. The molecule has 1 aromatic rings. The summed E-state index contributed by atoms with van der Waals surface area (Å²) in [6, 6.07) is 3.39. The van der Waals surface area contributed by atoms with E-state index in [-0.39, 0.29) is 23.6 Å². The number of benzene rings is 1. The standard InChI is InChI=1S/C9H9NO5/c1-2-15-8-5-6(10(13)14)3-4-7(8)9(11)12/h3-5H,2H2,1H3,(H,11,12). The van der Waals surface area contributed by atoms with Crippen molar-refractivity contribution in [2.75, 3.05) is 6.61 Å². The van der Waals surface area contributed by atoms with Crippen molar-refractivity contribution in [2.24, 2.45) is 0 Å². The van der Waals surface area contributed by atoms with Crippen molar-refractivity contribution >= 4 is 11.7 Å². The van der Waals surface area contributed by atoms with Gasteiger partial charge >= 0.3 is 5.97 Å². The fourth-order valence-electron chi connectivity index (χ4n) is 1.08. The van der Waals surface area contributed by atoms with E-state index in [1.165, 1.54) is 0 Å².